The van der Waals surface area contributed by atoms with Gasteiger partial charge in [0.2, 0.25) is 5.95 Å². The summed E-state index contributed by atoms with van der Waals surface area (Å²) < 4.78 is 0. The van der Waals surface area contributed by atoms with E-state index in [1.165, 1.54) is 0 Å². The molecule has 0 fully saturated rings. The molecule has 0 spiro atoms. The third-order valence-electron chi connectivity index (χ3n) is 2.30. The van der Waals surface area contributed by atoms with Gasteiger partial charge in [-0.1, -0.05) is 0 Å². The molecule has 3 aromatic rings. The summed E-state index contributed by atoms with van der Waals surface area (Å²) in [4.78, 5) is 15.3. The van der Waals surface area contributed by atoms with Gasteiger partial charge in [-0.2, -0.15) is 4.98 Å². The van der Waals surface area contributed by atoms with E-state index in [9.17, 15) is 0 Å². The molecule has 84 valence electrons. The minimum atomic E-state index is 0.222. The monoisotopic (exact) mass is 227 g/mol. The van der Waals surface area contributed by atoms with Crippen LogP contribution in [-0.4, -0.2) is 25.0 Å². The summed E-state index contributed by atoms with van der Waals surface area (Å²) in [5.41, 5.74) is 2.21. The Morgan fingerprint density at radius 2 is 1.94 bits per heavy atom. The fraction of sp³-hybridized carbons (Fsp3) is 0. The third kappa shape index (κ3) is 1.87. The Hall–Kier alpha value is -2.63. The number of hydrogen-bond acceptors (Lipinski definition) is 5. The molecule has 0 bridgehead atoms. The molecule has 0 aliphatic rings. The molecular weight excluding hydrogens is 218 g/mol. The Labute approximate surface area is 96.4 Å². The Morgan fingerprint density at radius 3 is 2.76 bits per heavy atom. The van der Waals surface area contributed by atoms with Crippen molar-refractivity contribution in [3.05, 3.63) is 36.8 Å². The van der Waals surface area contributed by atoms with Crippen LogP contribution in [0.2, 0.25) is 0 Å². The molecule has 1 aromatic carbocycles. The maximum atomic E-state index is 9.16. The topological polar surface area (TPSA) is 86.7 Å². The number of nitrogens with one attached hydrogen (secondary N) is 2. The van der Waals surface area contributed by atoms with E-state index in [0.717, 1.165) is 11.2 Å². The van der Waals surface area contributed by atoms with Gasteiger partial charge in [0.05, 0.1) is 12.5 Å². The van der Waals surface area contributed by atoms with Crippen molar-refractivity contribution in [3.63, 3.8) is 0 Å². The van der Waals surface area contributed by atoms with Gasteiger partial charge >= 0.3 is 0 Å². The van der Waals surface area contributed by atoms with Crippen molar-refractivity contribution in [2.24, 2.45) is 0 Å². The molecule has 0 aliphatic heterocycles. The van der Waals surface area contributed by atoms with Crippen molar-refractivity contribution in [2.75, 3.05) is 5.32 Å². The summed E-state index contributed by atoms with van der Waals surface area (Å²) in [7, 11) is 0. The van der Waals surface area contributed by atoms with Gasteiger partial charge in [-0.15, -0.1) is 0 Å². The lowest BCUT2D eigenvalue weighted by Crippen LogP contribution is -1.96. The van der Waals surface area contributed by atoms with Crippen molar-refractivity contribution < 1.29 is 5.11 Å². The van der Waals surface area contributed by atoms with Crippen LogP contribution >= 0.6 is 0 Å². The largest absolute Gasteiger partial charge is 0.508 e. The highest BCUT2D eigenvalue weighted by Gasteiger charge is 2.01. The highest BCUT2D eigenvalue weighted by molar-refractivity contribution is 5.70. The minimum absolute atomic E-state index is 0.222. The number of nitrogens with zero attached hydrogens (tertiary/aromatic N) is 3. The number of aromatic hydroxyl groups is 1. The average Bonchev–Trinajstić information content (AvgIpc) is 2.79. The maximum absolute atomic E-state index is 9.16. The van der Waals surface area contributed by atoms with Gasteiger partial charge in [0.15, 0.2) is 5.65 Å². The summed E-state index contributed by atoms with van der Waals surface area (Å²) in [5, 5.41) is 12.2. The van der Waals surface area contributed by atoms with E-state index in [4.69, 9.17) is 5.11 Å². The van der Waals surface area contributed by atoms with E-state index in [1.54, 1.807) is 36.8 Å². The standard InChI is InChI=1S/C11H9N5O/c17-8-3-1-7(2-4-8)15-11-12-5-9-10(16-11)14-6-13-9/h1-6,17H,(H2,12,13,14,15,16). The second-order valence-electron chi connectivity index (χ2n) is 3.51. The van der Waals surface area contributed by atoms with Crippen LogP contribution in [0.4, 0.5) is 11.6 Å². The first kappa shape index (κ1) is 9.59. The summed E-state index contributed by atoms with van der Waals surface area (Å²) >= 11 is 0. The van der Waals surface area contributed by atoms with Crippen LogP contribution < -0.4 is 5.32 Å². The number of hydrogen-bond donors (Lipinski definition) is 3. The van der Waals surface area contributed by atoms with E-state index in [-0.39, 0.29) is 5.75 Å². The zero-order valence-corrected chi connectivity index (χ0v) is 8.75. The van der Waals surface area contributed by atoms with E-state index in [1.807, 2.05) is 0 Å². The van der Waals surface area contributed by atoms with Crippen molar-refractivity contribution in [1.82, 2.24) is 19.9 Å². The predicted molar refractivity (Wildman–Crippen MR) is 63.1 cm³/mol. The smallest absolute Gasteiger partial charge is 0.229 e. The minimum Gasteiger partial charge on any atom is -0.508 e. The molecule has 0 saturated carbocycles. The van der Waals surface area contributed by atoms with Gasteiger partial charge in [-0.25, -0.2) is 9.97 Å². The molecular formula is C11H9N5O. The molecule has 0 radical (unpaired) electrons. The van der Waals surface area contributed by atoms with Crippen molar-refractivity contribution in [1.29, 1.82) is 0 Å². The zero-order chi connectivity index (χ0) is 11.7. The average molecular weight is 227 g/mol. The number of H-pyrrole nitrogens is 1. The van der Waals surface area contributed by atoms with Gasteiger partial charge in [-0.05, 0) is 24.3 Å². The maximum Gasteiger partial charge on any atom is 0.229 e. The third-order valence-corrected chi connectivity index (χ3v) is 2.30. The highest BCUT2D eigenvalue weighted by atomic mass is 16.3. The van der Waals surface area contributed by atoms with Crippen LogP contribution in [0.25, 0.3) is 11.2 Å². The van der Waals surface area contributed by atoms with Gasteiger partial charge in [0, 0.05) is 5.69 Å². The zero-order valence-electron chi connectivity index (χ0n) is 8.75. The van der Waals surface area contributed by atoms with Crippen LogP contribution in [0.5, 0.6) is 5.75 Å². The molecule has 2 heterocycles. The molecule has 0 saturated heterocycles. The molecule has 3 N–H and O–H groups in total. The quantitative estimate of drug-likeness (QED) is 0.581. The molecule has 17 heavy (non-hydrogen) atoms. The van der Waals surface area contributed by atoms with E-state index >= 15 is 0 Å². The second kappa shape index (κ2) is 3.75. The SMILES string of the molecule is Oc1ccc(Nc2ncc3[nH]cnc3n2)cc1. The molecule has 0 aliphatic carbocycles. The first-order chi connectivity index (χ1) is 8.31. The van der Waals surface area contributed by atoms with E-state index < -0.39 is 0 Å². The van der Waals surface area contributed by atoms with Gasteiger partial charge < -0.3 is 15.4 Å². The van der Waals surface area contributed by atoms with Gasteiger partial charge in [0.25, 0.3) is 0 Å². The number of phenolic OH excluding ortho intramolecular Hbond substituents is 1. The second-order valence-corrected chi connectivity index (χ2v) is 3.51. The first-order valence-corrected chi connectivity index (χ1v) is 5.03. The van der Waals surface area contributed by atoms with Crippen molar-refractivity contribution in [3.8, 4) is 5.75 Å². The van der Waals surface area contributed by atoms with Crippen LogP contribution in [0.1, 0.15) is 0 Å². The number of phenols is 1. The summed E-state index contributed by atoms with van der Waals surface area (Å²) in [5.74, 6) is 0.689. The Morgan fingerprint density at radius 1 is 1.12 bits per heavy atom. The molecule has 6 heteroatoms. The number of rotatable bonds is 2. The molecule has 0 unspecified atom stereocenters. The van der Waals surface area contributed by atoms with E-state index in [2.05, 4.69) is 25.3 Å². The lowest BCUT2D eigenvalue weighted by molar-refractivity contribution is 0.475. The van der Waals surface area contributed by atoms with Crippen LogP contribution in [-0.2, 0) is 0 Å². The number of aromatic amines is 1. The molecule has 2 aromatic heterocycles. The Kier molecular flexibility index (Phi) is 2.11. The molecule has 6 nitrogen and oxygen atoms in total. The normalized spacial score (nSPS) is 10.6. The summed E-state index contributed by atoms with van der Waals surface area (Å²) in [6.07, 6.45) is 3.24. The van der Waals surface area contributed by atoms with Gasteiger partial charge in [-0.3, -0.25) is 0 Å². The lowest BCUT2D eigenvalue weighted by atomic mass is 10.3. The first-order valence-electron chi connectivity index (χ1n) is 5.03. The molecule has 3 rings (SSSR count). The van der Waals surface area contributed by atoms with Gasteiger partial charge in [0.1, 0.15) is 11.3 Å². The highest BCUT2D eigenvalue weighted by Crippen LogP contribution is 2.17. The summed E-state index contributed by atoms with van der Waals surface area (Å²) in [6.45, 7) is 0. The van der Waals surface area contributed by atoms with Crippen molar-refractivity contribution in [2.45, 2.75) is 0 Å². The van der Waals surface area contributed by atoms with Crippen LogP contribution in [0.15, 0.2) is 36.8 Å². The molecule has 0 atom stereocenters. The van der Waals surface area contributed by atoms with E-state index in [0.29, 0.717) is 11.6 Å². The fourth-order valence-electron chi connectivity index (χ4n) is 1.47. The van der Waals surface area contributed by atoms with Crippen LogP contribution in [0.3, 0.4) is 0 Å². The number of aromatic nitrogens is 4. The number of imidazole rings is 1. The Balaban J connectivity index is 1.91. The number of benzene rings is 1. The fourth-order valence-corrected chi connectivity index (χ4v) is 1.47. The number of anilines is 2. The summed E-state index contributed by atoms with van der Waals surface area (Å²) in [6, 6.07) is 6.67. The lowest BCUT2D eigenvalue weighted by Gasteiger charge is -2.03. The van der Waals surface area contributed by atoms with Crippen LogP contribution in [0, 0.1) is 0 Å². The van der Waals surface area contributed by atoms with Crippen molar-refractivity contribution >= 4 is 22.8 Å². The number of fused-ring (bicyclic) bond motifs is 1. The predicted octanol–water partition coefficient (Wildman–Crippen LogP) is 1.80. The molecule has 0 amide bonds. The Bertz CT molecular complexity index is 646.